The fraction of sp³-hybridized carbons (Fsp3) is 0.812. The average Bonchev–Trinajstić information content (AvgIpc) is 3.31. The van der Waals surface area contributed by atoms with Crippen molar-refractivity contribution >= 4 is 45.7 Å². The van der Waals surface area contributed by atoms with Crippen molar-refractivity contribution in [2.75, 3.05) is 0 Å². The zero-order chi connectivity index (χ0) is 15.7. The summed E-state index contributed by atoms with van der Waals surface area (Å²) in [6.45, 7) is 1.22. The van der Waals surface area contributed by atoms with Gasteiger partial charge in [0.2, 0.25) is 0 Å². The maximum absolute atomic E-state index is 2.46. The fourth-order valence-corrected chi connectivity index (χ4v) is 5.68. The van der Waals surface area contributed by atoms with E-state index in [-0.39, 0.29) is 0 Å². The molecule has 1 heterocycles. The van der Waals surface area contributed by atoms with Crippen LogP contribution in [0.4, 0.5) is 0 Å². The number of hydrogen-bond acceptors (Lipinski definition) is 1. The average molecular weight is 708 g/mol. The summed E-state index contributed by atoms with van der Waals surface area (Å²) in [5.41, 5.74) is 0.593. The van der Waals surface area contributed by atoms with E-state index in [0.717, 1.165) is 11.8 Å². The largest absolute Gasteiger partial charge is 0.182 e. The topological polar surface area (TPSA) is 13.1 Å². The summed E-state index contributed by atoms with van der Waals surface area (Å²) >= 11 is 7.29. The van der Waals surface area contributed by atoms with Gasteiger partial charge in [-0.05, 0) is 44.4 Å². The summed E-state index contributed by atoms with van der Waals surface area (Å²) in [6.07, 6.45) is 16.0. The summed E-state index contributed by atoms with van der Waals surface area (Å²) < 4.78 is 8.23. The molecule has 128 valence electrons. The minimum absolute atomic E-state index is 0.593. The van der Waals surface area contributed by atoms with E-state index in [1.165, 1.54) is 61.7 Å². The zero-order valence-electron chi connectivity index (χ0n) is 13.1. The molecule has 0 radical (unpaired) electrons. The van der Waals surface area contributed by atoms with E-state index in [2.05, 4.69) is 95.0 Å². The van der Waals surface area contributed by atoms with Gasteiger partial charge in [0.15, 0.2) is 0 Å². The molecular formula is C16H25I2N3Pt. The number of aromatic nitrogens is 2. The fourth-order valence-electron chi connectivity index (χ4n) is 3.69. The van der Waals surface area contributed by atoms with Gasteiger partial charge >= 0.3 is 77.0 Å². The van der Waals surface area contributed by atoms with E-state index in [4.69, 9.17) is 0 Å². The van der Waals surface area contributed by atoms with Gasteiger partial charge in [0.25, 0.3) is 0 Å². The number of aryl methyl sites for hydroxylation is 1. The molecule has 0 N–H and O–H groups in total. The Morgan fingerprint density at radius 3 is 2.09 bits per heavy atom. The molecule has 6 heteroatoms. The molecule has 2 bridgehead atoms. The van der Waals surface area contributed by atoms with Gasteiger partial charge in [-0.2, -0.15) is 1.33 Å². The van der Waals surface area contributed by atoms with Crippen molar-refractivity contribution < 1.29 is 19.4 Å². The van der Waals surface area contributed by atoms with E-state index in [9.17, 15) is 0 Å². The quantitative estimate of drug-likeness (QED) is 0.318. The maximum Gasteiger partial charge on any atom is 0.0408 e. The molecular weight excluding hydrogens is 683 g/mol. The Morgan fingerprint density at radius 2 is 1.73 bits per heavy atom. The van der Waals surface area contributed by atoms with Crippen LogP contribution in [0.2, 0.25) is 0 Å². The standard InChI is InChI=1S/C8H13I2N.C8H12N2.Pt/c9-11(10)8-4-1-7(2-5-8)3-6-8;1-9-4-5-10(7-9)6-8-2-3-8;/h7H,1-6H2;4-5,8H,2-3,6H2,1H3;. The van der Waals surface area contributed by atoms with Gasteiger partial charge in [-0.25, -0.2) is 0 Å². The number of imidazole rings is 1. The molecule has 0 spiro atoms. The minimum Gasteiger partial charge on any atom is -0.182 e. The molecule has 4 saturated carbocycles. The van der Waals surface area contributed by atoms with Gasteiger partial charge in [-0.3, -0.25) is 0 Å². The molecule has 4 aliphatic rings. The monoisotopic (exact) mass is 708 g/mol. The van der Waals surface area contributed by atoms with E-state index in [0.29, 0.717) is 5.54 Å². The van der Waals surface area contributed by atoms with Gasteiger partial charge in [-0.15, -0.1) is 0 Å². The summed E-state index contributed by atoms with van der Waals surface area (Å²) in [7, 11) is 2.09. The number of hydrogen-bond donors (Lipinski definition) is 0. The molecule has 0 aliphatic heterocycles. The van der Waals surface area contributed by atoms with Gasteiger partial charge in [0.05, 0.1) is 0 Å². The third kappa shape index (κ3) is 4.29. The summed E-state index contributed by atoms with van der Waals surface area (Å²) in [5.74, 6) is 2.06. The van der Waals surface area contributed by atoms with Crippen molar-refractivity contribution in [2.45, 2.75) is 63.5 Å². The summed E-state index contributed by atoms with van der Waals surface area (Å²) in [6, 6.07) is 0. The van der Waals surface area contributed by atoms with Crippen LogP contribution in [-0.4, -0.2) is 16.0 Å². The molecule has 1 aromatic rings. The third-order valence-electron chi connectivity index (χ3n) is 5.52. The molecule has 1 aromatic heterocycles. The molecule has 0 aromatic carbocycles. The van der Waals surface area contributed by atoms with Gasteiger partial charge < -0.3 is 0 Å². The van der Waals surface area contributed by atoms with Gasteiger partial charge in [0, 0.05) is 51.3 Å². The number of rotatable bonds is 3. The van der Waals surface area contributed by atoms with Crippen molar-refractivity contribution in [1.82, 2.24) is 10.5 Å². The van der Waals surface area contributed by atoms with Crippen molar-refractivity contribution in [3.63, 3.8) is 0 Å². The van der Waals surface area contributed by atoms with Crippen molar-refractivity contribution in [1.29, 1.82) is 0 Å². The van der Waals surface area contributed by atoms with E-state index < -0.39 is 0 Å². The molecule has 3 nitrogen and oxygen atoms in total. The third-order valence-corrected chi connectivity index (χ3v) is 9.02. The van der Waals surface area contributed by atoms with Crippen LogP contribution in [0.5, 0.6) is 0 Å². The molecule has 0 atom stereocenters. The van der Waals surface area contributed by atoms with Gasteiger partial charge in [0.1, 0.15) is 0 Å². The van der Waals surface area contributed by atoms with E-state index in [1.54, 1.807) is 0 Å². The first-order valence-corrected chi connectivity index (χ1v) is 11.4. The molecule has 22 heavy (non-hydrogen) atoms. The first-order chi connectivity index (χ1) is 10.5. The van der Waals surface area contributed by atoms with Crippen LogP contribution in [0.1, 0.15) is 51.4 Å². The predicted octanol–water partition coefficient (Wildman–Crippen LogP) is 5.03. The van der Waals surface area contributed by atoms with Gasteiger partial charge in [-0.1, -0.05) is 0 Å². The van der Waals surface area contributed by atoms with Crippen LogP contribution < -0.4 is 0 Å². The molecule has 0 amide bonds. The Bertz CT molecular complexity index is 540. The molecule has 0 unspecified atom stereocenters. The Kier molecular flexibility index (Phi) is 6.33. The molecule has 0 saturated heterocycles. The Balaban J connectivity index is 0.000000131. The number of nitrogens with zero attached hydrogens (tertiary/aromatic N) is 3. The zero-order valence-corrected chi connectivity index (χ0v) is 19.7. The van der Waals surface area contributed by atoms with E-state index in [1.807, 2.05) is 0 Å². The predicted molar refractivity (Wildman–Crippen MR) is 103 cm³/mol. The normalized spacial score (nSPS) is 30.4. The van der Waals surface area contributed by atoms with Crippen LogP contribution in [0.3, 0.4) is 0 Å². The minimum atomic E-state index is 0.593. The molecule has 4 fully saturated rings. The first kappa shape index (κ1) is 18.1. The van der Waals surface area contributed by atoms with Crippen LogP contribution >= 0.6 is 45.7 Å². The summed E-state index contributed by atoms with van der Waals surface area (Å²) in [5, 5.41) is 0. The number of halogens is 2. The second kappa shape index (κ2) is 7.69. The first-order valence-electron chi connectivity index (χ1n) is 8.29. The SMILES string of the molecule is Cn1ccn(CC2CC2)[c]1=[Pt].IN(I)C12CCC(CC1)CC2. The van der Waals surface area contributed by atoms with E-state index >= 15 is 0 Å². The van der Waals surface area contributed by atoms with Crippen LogP contribution in [0.15, 0.2) is 12.4 Å². The second-order valence-corrected chi connectivity index (χ2v) is 12.0. The summed E-state index contributed by atoms with van der Waals surface area (Å²) in [4.78, 5) is 0. The number of fused-ring (bicyclic) bond motifs is 3. The molecule has 4 aliphatic carbocycles. The van der Waals surface area contributed by atoms with Crippen molar-refractivity contribution in [2.24, 2.45) is 18.9 Å². The van der Waals surface area contributed by atoms with Crippen molar-refractivity contribution in [3.8, 4) is 0 Å². The van der Waals surface area contributed by atoms with Crippen LogP contribution in [0.25, 0.3) is 0 Å². The van der Waals surface area contributed by atoms with Crippen LogP contribution in [0, 0.1) is 15.6 Å². The molecule has 5 rings (SSSR count). The Morgan fingerprint density at radius 1 is 1.14 bits per heavy atom. The Labute approximate surface area is 172 Å². The van der Waals surface area contributed by atoms with Crippen LogP contribution in [-0.2, 0) is 32.9 Å². The smallest absolute Gasteiger partial charge is 0.0408 e. The van der Waals surface area contributed by atoms with Crippen molar-refractivity contribution in [3.05, 3.63) is 16.2 Å². The maximum atomic E-state index is 2.46. The second-order valence-electron chi connectivity index (χ2n) is 7.19. The Hall–Kier alpha value is 1.32.